The van der Waals surface area contributed by atoms with Gasteiger partial charge in [0.2, 0.25) is 5.91 Å². The minimum atomic E-state index is 0.0206. The summed E-state index contributed by atoms with van der Waals surface area (Å²) in [5.74, 6) is 0.571. The zero-order chi connectivity index (χ0) is 12.6. The van der Waals surface area contributed by atoms with Gasteiger partial charge in [0.05, 0.1) is 6.21 Å². The van der Waals surface area contributed by atoms with Gasteiger partial charge in [-0.3, -0.25) is 9.78 Å². The van der Waals surface area contributed by atoms with Crippen LogP contribution in [0.1, 0.15) is 44.1 Å². The summed E-state index contributed by atoms with van der Waals surface area (Å²) in [6.45, 7) is 0. The second-order valence-electron chi connectivity index (χ2n) is 4.78. The van der Waals surface area contributed by atoms with E-state index in [0.29, 0.717) is 12.3 Å². The molecule has 1 heterocycles. The van der Waals surface area contributed by atoms with Crippen LogP contribution in [0.3, 0.4) is 0 Å². The summed E-state index contributed by atoms with van der Waals surface area (Å²) in [7, 11) is 0. The van der Waals surface area contributed by atoms with E-state index in [1.807, 2.05) is 12.1 Å². The first-order valence-corrected chi connectivity index (χ1v) is 6.56. The largest absolute Gasteiger partial charge is 0.273 e. The van der Waals surface area contributed by atoms with Crippen molar-refractivity contribution in [2.45, 2.75) is 38.5 Å². The van der Waals surface area contributed by atoms with Gasteiger partial charge in [0, 0.05) is 18.8 Å². The van der Waals surface area contributed by atoms with Crippen molar-refractivity contribution in [3.63, 3.8) is 0 Å². The lowest BCUT2D eigenvalue weighted by molar-refractivity contribution is -0.122. The number of nitrogens with zero attached hydrogens (tertiary/aromatic N) is 2. The molecule has 0 aliphatic heterocycles. The number of hydrazone groups is 1. The molecule has 4 nitrogen and oxygen atoms in total. The van der Waals surface area contributed by atoms with Crippen molar-refractivity contribution in [3.05, 3.63) is 30.1 Å². The summed E-state index contributed by atoms with van der Waals surface area (Å²) in [4.78, 5) is 15.6. The van der Waals surface area contributed by atoms with Gasteiger partial charge < -0.3 is 0 Å². The Kier molecular flexibility index (Phi) is 4.88. The Bertz CT molecular complexity index is 397. The predicted molar refractivity (Wildman–Crippen MR) is 71.2 cm³/mol. The molecule has 0 bridgehead atoms. The molecule has 0 atom stereocenters. The van der Waals surface area contributed by atoms with Crippen LogP contribution >= 0.6 is 0 Å². The maximum Gasteiger partial charge on any atom is 0.240 e. The lowest BCUT2D eigenvalue weighted by Crippen LogP contribution is -2.22. The Morgan fingerprint density at radius 2 is 2.06 bits per heavy atom. The van der Waals surface area contributed by atoms with Crippen molar-refractivity contribution in [2.75, 3.05) is 0 Å². The molecule has 4 heteroatoms. The van der Waals surface area contributed by atoms with Crippen molar-refractivity contribution in [1.82, 2.24) is 10.4 Å². The van der Waals surface area contributed by atoms with Gasteiger partial charge in [-0.15, -0.1) is 0 Å². The topological polar surface area (TPSA) is 54.4 Å². The molecule has 96 valence electrons. The van der Waals surface area contributed by atoms with E-state index in [0.717, 1.165) is 5.56 Å². The first kappa shape index (κ1) is 12.7. The van der Waals surface area contributed by atoms with Gasteiger partial charge in [-0.2, -0.15) is 5.10 Å². The summed E-state index contributed by atoms with van der Waals surface area (Å²) in [5.41, 5.74) is 3.52. The molecule has 18 heavy (non-hydrogen) atoms. The molecule has 1 N–H and O–H groups in total. The number of aromatic nitrogens is 1. The fraction of sp³-hybridized carbons (Fsp3) is 0.500. The van der Waals surface area contributed by atoms with Gasteiger partial charge in [0.15, 0.2) is 0 Å². The van der Waals surface area contributed by atoms with E-state index in [1.165, 1.54) is 32.1 Å². The van der Waals surface area contributed by atoms with Crippen LogP contribution in [-0.4, -0.2) is 17.1 Å². The molecule has 1 saturated carbocycles. The lowest BCUT2D eigenvalue weighted by atomic mass is 9.87. The third-order valence-corrected chi connectivity index (χ3v) is 3.31. The van der Waals surface area contributed by atoms with Gasteiger partial charge in [-0.25, -0.2) is 5.43 Å². The number of hydrogen-bond acceptors (Lipinski definition) is 3. The molecule has 2 rings (SSSR count). The molecule has 0 aromatic carbocycles. The highest BCUT2D eigenvalue weighted by molar-refractivity contribution is 5.82. The maximum atomic E-state index is 11.7. The van der Waals surface area contributed by atoms with Gasteiger partial charge in [-0.1, -0.05) is 19.3 Å². The van der Waals surface area contributed by atoms with Crippen LogP contribution in [0.4, 0.5) is 0 Å². The number of nitrogens with one attached hydrogen (secondary N) is 1. The highest BCUT2D eigenvalue weighted by Crippen LogP contribution is 2.25. The second-order valence-corrected chi connectivity index (χ2v) is 4.78. The first-order chi connectivity index (χ1) is 8.84. The minimum Gasteiger partial charge on any atom is -0.273 e. The van der Waals surface area contributed by atoms with Crippen LogP contribution in [0, 0.1) is 5.92 Å². The molecule has 0 radical (unpaired) electrons. The average Bonchev–Trinajstić information content (AvgIpc) is 2.41. The van der Waals surface area contributed by atoms with E-state index in [9.17, 15) is 4.79 Å². The van der Waals surface area contributed by atoms with Crippen LogP contribution in [-0.2, 0) is 4.79 Å². The number of amides is 1. The van der Waals surface area contributed by atoms with Crippen LogP contribution in [0.15, 0.2) is 29.6 Å². The van der Waals surface area contributed by atoms with Gasteiger partial charge in [-0.05, 0) is 36.5 Å². The predicted octanol–water partition coefficient (Wildman–Crippen LogP) is 2.50. The molecular formula is C14H19N3O. The molecule has 0 unspecified atom stereocenters. The van der Waals surface area contributed by atoms with E-state index in [4.69, 9.17) is 0 Å². The SMILES string of the molecule is O=C(CC1CCCCC1)NN=Cc1ccncc1. The zero-order valence-electron chi connectivity index (χ0n) is 10.5. The van der Waals surface area contributed by atoms with E-state index in [1.54, 1.807) is 18.6 Å². The van der Waals surface area contributed by atoms with E-state index < -0.39 is 0 Å². The molecule has 1 aliphatic carbocycles. The fourth-order valence-corrected chi connectivity index (χ4v) is 2.33. The van der Waals surface area contributed by atoms with Crippen molar-refractivity contribution in [2.24, 2.45) is 11.0 Å². The Morgan fingerprint density at radius 1 is 1.33 bits per heavy atom. The fourth-order valence-electron chi connectivity index (χ4n) is 2.33. The number of hydrogen-bond donors (Lipinski definition) is 1. The zero-order valence-corrected chi connectivity index (χ0v) is 10.5. The number of carbonyl (C=O) groups is 1. The summed E-state index contributed by atoms with van der Waals surface area (Å²) in [6.07, 6.45) is 11.8. The molecule has 1 amide bonds. The van der Waals surface area contributed by atoms with E-state index in [-0.39, 0.29) is 5.91 Å². The molecule has 1 aromatic heterocycles. The number of rotatable bonds is 4. The normalized spacial score (nSPS) is 16.9. The summed E-state index contributed by atoms with van der Waals surface area (Å²) < 4.78 is 0. The molecular weight excluding hydrogens is 226 g/mol. The third kappa shape index (κ3) is 4.28. The molecule has 1 aromatic rings. The van der Waals surface area contributed by atoms with Crippen molar-refractivity contribution in [3.8, 4) is 0 Å². The smallest absolute Gasteiger partial charge is 0.240 e. The van der Waals surface area contributed by atoms with Crippen molar-refractivity contribution < 1.29 is 4.79 Å². The van der Waals surface area contributed by atoms with Crippen LogP contribution in [0.25, 0.3) is 0 Å². The van der Waals surface area contributed by atoms with Gasteiger partial charge >= 0.3 is 0 Å². The Hall–Kier alpha value is -1.71. The Balaban J connectivity index is 1.72. The van der Waals surface area contributed by atoms with Crippen molar-refractivity contribution in [1.29, 1.82) is 0 Å². The second kappa shape index (κ2) is 6.89. The van der Waals surface area contributed by atoms with Crippen LogP contribution in [0.5, 0.6) is 0 Å². The average molecular weight is 245 g/mol. The Morgan fingerprint density at radius 3 is 2.78 bits per heavy atom. The summed E-state index contributed by atoms with van der Waals surface area (Å²) in [6, 6.07) is 3.69. The standard InChI is InChI=1S/C14H19N3O/c18-14(10-12-4-2-1-3-5-12)17-16-11-13-6-8-15-9-7-13/h6-9,11-12H,1-5,10H2,(H,17,18). The molecule has 1 aliphatic rings. The van der Waals surface area contributed by atoms with Crippen molar-refractivity contribution >= 4 is 12.1 Å². The van der Waals surface area contributed by atoms with Crippen LogP contribution < -0.4 is 5.43 Å². The molecule has 0 spiro atoms. The Labute approximate surface area is 108 Å². The molecule has 1 fully saturated rings. The minimum absolute atomic E-state index is 0.0206. The summed E-state index contributed by atoms with van der Waals surface area (Å²) in [5, 5.41) is 3.95. The highest BCUT2D eigenvalue weighted by Gasteiger charge is 2.16. The highest BCUT2D eigenvalue weighted by atomic mass is 16.2. The lowest BCUT2D eigenvalue weighted by Gasteiger charge is -2.20. The maximum absolute atomic E-state index is 11.7. The quantitative estimate of drug-likeness (QED) is 0.654. The van der Waals surface area contributed by atoms with E-state index in [2.05, 4.69) is 15.5 Å². The van der Waals surface area contributed by atoms with Gasteiger partial charge in [0.25, 0.3) is 0 Å². The third-order valence-electron chi connectivity index (χ3n) is 3.31. The summed E-state index contributed by atoms with van der Waals surface area (Å²) >= 11 is 0. The number of pyridine rings is 1. The van der Waals surface area contributed by atoms with Gasteiger partial charge in [0.1, 0.15) is 0 Å². The number of carbonyl (C=O) groups excluding carboxylic acids is 1. The van der Waals surface area contributed by atoms with E-state index >= 15 is 0 Å². The monoisotopic (exact) mass is 245 g/mol. The first-order valence-electron chi connectivity index (χ1n) is 6.56. The van der Waals surface area contributed by atoms with Crippen LogP contribution in [0.2, 0.25) is 0 Å². The molecule has 0 saturated heterocycles.